The van der Waals surface area contributed by atoms with Crippen LogP contribution in [-0.4, -0.2) is 136 Å². The summed E-state index contributed by atoms with van der Waals surface area (Å²) >= 11 is 0. The molecule has 332 valence electrons. The number of likely N-dealkylation sites (N-methyl/N-ethyl adjacent to an activating group) is 4. The summed E-state index contributed by atoms with van der Waals surface area (Å²) in [6.45, 7) is 5.49. The molecule has 3 aromatic carbocycles. The van der Waals surface area contributed by atoms with Crippen LogP contribution in [0, 0.1) is 5.92 Å². The van der Waals surface area contributed by atoms with Crippen LogP contribution >= 0.6 is 0 Å². The second-order valence-corrected chi connectivity index (χ2v) is 16.7. The Balaban J connectivity index is 1.65. The van der Waals surface area contributed by atoms with Gasteiger partial charge in [-0.1, -0.05) is 74.5 Å². The Labute approximate surface area is 364 Å². The van der Waals surface area contributed by atoms with Crippen molar-refractivity contribution < 1.29 is 33.9 Å². The van der Waals surface area contributed by atoms with E-state index in [1.807, 2.05) is 54.6 Å². The number of carbonyl (C=O) groups excluding carboxylic acids is 6. The van der Waals surface area contributed by atoms with Crippen molar-refractivity contribution in [1.29, 1.82) is 0 Å². The van der Waals surface area contributed by atoms with Gasteiger partial charge in [0, 0.05) is 64.6 Å². The molecule has 5 rings (SSSR count). The van der Waals surface area contributed by atoms with Crippen molar-refractivity contribution in [3.63, 3.8) is 0 Å². The third-order valence-corrected chi connectivity index (χ3v) is 12.1. The first-order chi connectivity index (χ1) is 29.5. The van der Waals surface area contributed by atoms with Crippen molar-refractivity contribution in [3.8, 4) is 5.75 Å². The summed E-state index contributed by atoms with van der Waals surface area (Å²) in [5.74, 6) is -3.76. The lowest BCUT2D eigenvalue weighted by atomic mass is 9.97. The van der Waals surface area contributed by atoms with Gasteiger partial charge in [-0.25, -0.2) is 0 Å². The first-order valence-electron chi connectivity index (χ1n) is 21.3. The highest BCUT2D eigenvalue weighted by molar-refractivity contribution is 5.98. The number of para-hydroxylation sites is 1. The molecule has 1 aliphatic rings. The van der Waals surface area contributed by atoms with E-state index in [4.69, 9.17) is 5.73 Å². The number of benzene rings is 3. The molecule has 0 aliphatic carbocycles. The number of nitrogens with two attached hydrogens (primary N) is 1. The second-order valence-electron chi connectivity index (χ2n) is 16.7. The zero-order valence-corrected chi connectivity index (χ0v) is 36.8. The zero-order valence-electron chi connectivity index (χ0n) is 36.8. The van der Waals surface area contributed by atoms with Gasteiger partial charge in [0.2, 0.25) is 35.4 Å². The van der Waals surface area contributed by atoms with Gasteiger partial charge in [0.25, 0.3) is 0 Å². The number of aromatic hydroxyl groups is 1. The molecule has 15 nitrogen and oxygen atoms in total. The van der Waals surface area contributed by atoms with Crippen molar-refractivity contribution in [2.24, 2.45) is 11.7 Å². The molecule has 1 aliphatic heterocycles. The SMILES string of the molecule is CC(C)[C@@H]1NC(=O)[C@H](CCCCN)N(C)C(=O)[C@H](Cc2c[nH]c3ccccc23)N(C)C(=O)[C@H](Cc2ccc(O)cc2)NC(=O)[C@H](C)N(C)C(=O)[C@H](Cc2ccccc2)N(C)C1=O. The van der Waals surface area contributed by atoms with Gasteiger partial charge in [0.05, 0.1) is 0 Å². The van der Waals surface area contributed by atoms with Gasteiger partial charge in [0.1, 0.15) is 42.0 Å². The maximum absolute atomic E-state index is 15.1. The number of aromatic nitrogens is 1. The molecule has 15 heteroatoms. The van der Waals surface area contributed by atoms with E-state index in [9.17, 15) is 29.1 Å². The number of phenolic OH excluding ortho intramolecular Hbond substituents is 1. The number of aromatic amines is 1. The molecule has 2 heterocycles. The predicted molar refractivity (Wildman–Crippen MR) is 237 cm³/mol. The molecule has 0 unspecified atom stereocenters. The van der Waals surface area contributed by atoms with Crippen molar-refractivity contribution in [2.75, 3.05) is 34.7 Å². The maximum atomic E-state index is 15.1. The topological polar surface area (TPSA) is 201 Å². The fourth-order valence-corrected chi connectivity index (χ4v) is 7.99. The molecular formula is C47H62N8O7. The van der Waals surface area contributed by atoms with Crippen molar-refractivity contribution >= 4 is 46.3 Å². The van der Waals surface area contributed by atoms with Crippen molar-refractivity contribution in [3.05, 3.63) is 102 Å². The Morgan fingerprint density at radius 1 is 0.629 bits per heavy atom. The Bertz CT molecular complexity index is 2190. The molecule has 1 saturated heterocycles. The highest BCUT2D eigenvalue weighted by atomic mass is 16.3. The van der Waals surface area contributed by atoms with E-state index in [0.717, 1.165) is 22.0 Å². The molecular weight excluding hydrogens is 789 g/mol. The number of carbonyl (C=O) groups is 6. The van der Waals surface area contributed by atoms with Crippen LogP contribution < -0.4 is 16.4 Å². The molecule has 1 aromatic heterocycles. The van der Waals surface area contributed by atoms with E-state index >= 15 is 4.79 Å². The average Bonchev–Trinajstić information content (AvgIpc) is 3.68. The Hall–Kier alpha value is -6.22. The van der Waals surface area contributed by atoms with E-state index in [1.54, 1.807) is 39.1 Å². The molecule has 0 saturated carbocycles. The quantitative estimate of drug-likeness (QED) is 0.142. The lowest BCUT2D eigenvalue weighted by Crippen LogP contribution is -2.62. The van der Waals surface area contributed by atoms with Crippen LogP contribution in [0.1, 0.15) is 56.7 Å². The molecule has 0 radical (unpaired) electrons. The summed E-state index contributed by atoms with van der Waals surface area (Å²) in [6.07, 6.45) is 3.23. The number of hydrogen-bond donors (Lipinski definition) is 5. The minimum Gasteiger partial charge on any atom is -0.508 e. The van der Waals surface area contributed by atoms with Gasteiger partial charge in [-0.05, 0) is 73.5 Å². The lowest BCUT2D eigenvalue weighted by molar-refractivity contribution is -0.152. The number of phenols is 1. The Morgan fingerprint density at radius 2 is 1.21 bits per heavy atom. The summed E-state index contributed by atoms with van der Waals surface area (Å²) in [7, 11) is 6.01. The second kappa shape index (κ2) is 21.0. The highest BCUT2D eigenvalue weighted by Gasteiger charge is 2.42. The van der Waals surface area contributed by atoms with E-state index in [1.165, 1.54) is 59.9 Å². The first kappa shape index (κ1) is 46.8. The van der Waals surface area contributed by atoms with Crippen LogP contribution in [0.2, 0.25) is 0 Å². The van der Waals surface area contributed by atoms with E-state index in [-0.39, 0.29) is 31.4 Å². The van der Waals surface area contributed by atoms with Gasteiger partial charge in [0.15, 0.2) is 0 Å². The van der Waals surface area contributed by atoms with Crippen LogP contribution in [0.25, 0.3) is 10.9 Å². The molecule has 6 atom stereocenters. The van der Waals surface area contributed by atoms with Gasteiger partial charge in [-0.3, -0.25) is 28.8 Å². The maximum Gasteiger partial charge on any atom is 0.246 e. The van der Waals surface area contributed by atoms with E-state index in [2.05, 4.69) is 15.6 Å². The summed E-state index contributed by atoms with van der Waals surface area (Å²) in [5.41, 5.74) is 8.84. The van der Waals surface area contributed by atoms with Crippen LogP contribution in [0.15, 0.2) is 85.1 Å². The minimum absolute atomic E-state index is 0.0159. The fraction of sp³-hybridized carbons (Fsp3) is 0.447. The number of nitrogens with one attached hydrogen (secondary N) is 3. The summed E-state index contributed by atoms with van der Waals surface area (Å²) in [5, 5.41) is 16.7. The average molecular weight is 851 g/mol. The van der Waals surface area contributed by atoms with E-state index < -0.39 is 77.6 Å². The first-order valence-corrected chi connectivity index (χ1v) is 21.3. The molecule has 62 heavy (non-hydrogen) atoms. The lowest BCUT2D eigenvalue weighted by Gasteiger charge is -2.38. The summed E-state index contributed by atoms with van der Waals surface area (Å²) in [4.78, 5) is 96.6. The van der Waals surface area contributed by atoms with Gasteiger partial charge >= 0.3 is 0 Å². The highest BCUT2D eigenvalue weighted by Crippen LogP contribution is 2.24. The van der Waals surface area contributed by atoms with Crippen molar-refractivity contribution in [2.45, 2.75) is 95.5 Å². The number of unbranched alkanes of at least 4 members (excludes halogenated alkanes) is 1. The number of fused-ring (bicyclic) bond motifs is 1. The monoisotopic (exact) mass is 850 g/mol. The van der Waals surface area contributed by atoms with Crippen LogP contribution in [0.4, 0.5) is 0 Å². The number of nitrogens with zero attached hydrogens (tertiary/aromatic N) is 4. The van der Waals surface area contributed by atoms with Crippen LogP contribution in [-0.2, 0) is 48.0 Å². The number of amides is 6. The molecule has 1 fully saturated rings. The predicted octanol–water partition coefficient (Wildman–Crippen LogP) is 3.00. The van der Waals surface area contributed by atoms with Gasteiger partial charge in [-0.15, -0.1) is 0 Å². The zero-order chi connectivity index (χ0) is 45.2. The Kier molecular flexibility index (Phi) is 15.9. The number of hydrogen-bond acceptors (Lipinski definition) is 8. The van der Waals surface area contributed by atoms with Gasteiger partial charge in [-0.2, -0.15) is 0 Å². The number of rotatable bonds is 11. The van der Waals surface area contributed by atoms with Gasteiger partial charge < -0.3 is 46.1 Å². The molecule has 6 N–H and O–H groups in total. The largest absolute Gasteiger partial charge is 0.508 e. The summed E-state index contributed by atoms with van der Waals surface area (Å²) in [6, 6.07) is 16.2. The molecule has 0 bridgehead atoms. The smallest absolute Gasteiger partial charge is 0.246 e. The standard InChI is InChI=1S/C47H62N8O7/c1-29(2)41-47(62)55(7)39(26-31-15-9-8-10-16-31)45(60)52(4)30(3)42(57)50-37(25-32-20-22-34(56)23-21-32)44(59)54(6)40(27-33-28-49-36-18-12-11-17-35(33)36)46(61)53(5)38(43(58)51-41)19-13-14-24-48/h8-12,15-18,20-23,28-30,37-41,49,56H,13-14,19,24-27,48H2,1-7H3,(H,50,57)(H,51,58)/t30-,37-,38-,39-,40-,41-/m0/s1. The molecule has 0 spiro atoms. The number of H-pyrrole nitrogens is 1. The van der Waals surface area contributed by atoms with Crippen LogP contribution in [0.3, 0.4) is 0 Å². The van der Waals surface area contributed by atoms with Crippen LogP contribution in [0.5, 0.6) is 5.75 Å². The Morgan fingerprint density at radius 3 is 1.87 bits per heavy atom. The molecule has 6 amide bonds. The minimum atomic E-state index is -1.23. The third kappa shape index (κ3) is 11.0. The molecule has 4 aromatic rings. The normalized spacial score (nSPS) is 22.9. The fourth-order valence-electron chi connectivity index (χ4n) is 7.99. The summed E-state index contributed by atoms with van der Waals surface area (Å²) < 4.78 is 0. The van der Waals surface area contributed by atoms with E-state index in [0.29, 0.717) is 24.9 Å². The third-order valence-electron chi connectivity index (χ3n) is 12.1. The van der Waals surface area contributed by atoms with Crippen molar-refractivity contribution in [1.82, 2.24) is 35.2 Å².